The van der Waals surface area contributed by atoms with E-state index in [1.807, 2.05) is 42.5 Å². The first kappa shape index (κ1) is 22.9. The predicted octanol–water partition coefficient (Wildman–Crippen LogP) is 4.30. The number of unbranched alkanes of at least 4 members (excludes halogenated alkanes) is 1. The van der Waals surface area contributed by atoms with Gasteiger partial charge >= 0.3 is 6.01 Å². The number of anilines is 1. The fourth-order valence-corrected chi connectivity index (χ4v) is 3.85. The molecule has 1 aliphatic rings. The highest BCUT2D eigenvalue weighted by Gasteiger charge is 2.16. The minimum Gasteiger partial charge on any atom is -0.424 e. The van der Waals surface area contributed by atoms with Crippen molar-refractivity contribution in [3.05, 3.63) is 78.1 Å². The van der Waals surface area contributed by atoms with Crippen molar-refractivity contribution in [2.24, 2.45) is 0 Å². The van der Waals surface area contributed by atoms with Crippen molar-refractivity contribution in [1.29, 1.82) is 0 Å². The Kier molecular flexibility index (Phi) is 8.00. The number of nitrogens with zero attached hydrogens (tertiary/aromatic N) is 3. The molecule has 0 unspecified atom stereocenters. The highest BCUT2D eigenvalue weighted by atomic mass is 16.5. The van der Waals surface area contributed by atoms with Gasteiger partial charge in [-0.2, -0.15) is 0 Å². The number of carbonyl (C=O) groups is 1. The standard InChI is InChI=1S/C26H30N4O3/c31-23-13-16-30(17-14-23)15-5-4-6-20-9-11-22(12-10-20)29-25(32)21-18-27-26(28-19-21)33-24-7-2-1-3-8-24/h1-3,7-12,18-19,23,31H,4-6,13-17H2,(H,29,32). The van der Waals surface area contributed by atoms with E-state index in [0.29, 0.717) is 11.3 Å². The molecule has 1 fully saturated rings. The van der Waals surface area contributed by atoms with Gasteiger partial charge in [-0.3, -0.25) is 4.79 Å². The average molecular weight is 447 g/mol. The lowest BCUT2D eigenvalue weighted by Crippen LogP contribution is -2.36. The van der Waals surface area contributed by atoms with Crippen LogP contribution < -0.4 is 10.1 Å². The first-order chi connectivity index (χ1) is 16.2. The molecule has 0 radical (unpaired) electrons. The number of para-hydroxylation sites is 1. The Morgan fingerprint density at radius 1 is 1.00 bits per heavy atom. The summed E-state index contributed by atoms with van der Waals surface area (Å²) in [5.41, 5.74) is 2.36. The highest BCUT2D eigenvalue weighted by molar-refractivity contribution is 6.03. The number of likely N-dealkylation sites (tertiary alicyclic amines) is 1. The fraction of sp³-hybridized carbons (Fsp3) is 0.346. The molecule has 1 amide bonds. The molecule has 0 aliphatic carbocycles. The number of benzene rings is 2. The van der Waals surface area contributed by atoms with Gasteiger partial charge < -0.3 is 20.1 Å². The van der Waals surface area contributed by atoms with E-state index >= 15 is 0 Å². The molecule has 1 saturated heterocycles. The van der Waals surface area contributed by atoms with Crippen LogP contribution >= 0.6 is 0 Å². The number of aryl methyl sites for hydroxylation is 1. The maximum atomic E-state index is 12.5. The van der Waals surface area contributed by atoms with Crippen LogP contribution in [-0.4, -0.2) is 51.6 Å². The Morgan fingerprint density at radius 2 is 1.70 bits per heavy atom. The van der Waals surface area contributed by atoms with Gasteiger partial charge in [0.2, 0.25) is 0 Å². The first-order valence-electron chi connectivity index (χ1n) is 11.5. The number of ether oxygens (including phenoxy) is 1. The third-order valence-corrected chi connectivity index (χ3v) is 5.80. The summed E-state index contributed by atoms with van der Waals surface area (Å²) < 4.78 is 5.56. The molecule has 7 heteroatoms. The Bertz CT molecular complexity index is 1000. The Balaban J connectivity index is 1.20. The molecular formula is C26H30N4O3. The summed E-state index contributed by atoms with van der Waals surface area (Å²) in [5, 5.41) is 12.5. The number of amides is 1. The minimum absolute atomic E-state index is 0.110. The summed E-state index contributed by atoms with van der Waals surface area (Å²) in [7, 11) is 0. The summed E-state index contributed by atoms with van der Waals surface area (Å²) in [6, 6.07) is 17.4. The van der Waals surface area contributed by atoms with E-state index in [2.05, 4.69) is 32.3 Å². The summed E-state index contributed by atoms with van der Waals surface area (Å²) >= 11 is 0. The molecule has 7 nitrogen and oxygen atoms in total. The van der Waals surface area contributed by atoms with Crippen LogP contribution in [0.15, 0.2) is 67.0 Å². The summed E-state index contributed by atoms with van der Waals surface area (Å²) in [4.78, 5) is 23.2. The molecule has 0 bridgehead atoms. The van der Waals surface area contributed by atoms with Crippen LogP contribution in [0, 0.1) is 0 Å². The molecule has 0 spiro atoms. The SMILES string of the molecule is O=C(Nc1ccc(CCCCN2CCC(O)CC2)cc1)c1cnc(Oc2ccccc2)nc1. The Labute approximate surface area is 194 Å². The molecule has 0 atom stereocenters. The smallest absolute Gasteiger partial charge is 0.321 e. The van der Waals surface area contributed by atoms with Gasteiger partial charge in [-0.15, -0.1) is 0 Å². The molecule has 1 aliphatic heterocycles. The first-order valence-corrected chi connectivity index (χ1v) is 11.5. The van der Waals surface area contributed by atoms with E-state index in [1.165, 1.54) is 18.0 Å². The van der Waals surface area contributed by atoms with Gasteiger partial charge in [-0.1, -0.05) is 30.3 Å². The molecule has 2 heterocycles. The van der Waals surface area contributed by atoms with Gasteiger partial charge in [-0.05, 0) is 68.5 Å². The van der Waals surface area contributed by atoms with Crippen molar-refractivity contribution in [3.8, 4) is 11.8 Å². The fourth-order valence-electron chi connectivity index (χ4n) is 3.85. The van der Waals surface area contributed by atoms with Gasteiger partial charge in [0.05, 0.1) is 11.7 Å². The number of aliphatic hydroxyl groups excluding tert-OH is 1. The predicted molar refractivity (Wildman–Crippen MR) is 128 cm³/mol. The molecule has 2 aromatic carbocycles. The normalized spacial score (nSPS) is 14.7. The van der Waals surface area contributed by atoms with E-state index in [1.54, 1.807) is 0 Å². The van der Waals surface area contributed by atoms with Gasteiger partial charge in [0.15, 0.2) is 0 Å². The third-order valence-electron chi connectivity index (χ3n) is 5.80. The zero-order valence-corrected chi connectivity index (χ0v) is 18.7. The van der Waals surface area contributed by atoms with Gasteiger partial charge in [0, 0.05) is 31.2 Å². The molecule has 33 heavy (non-hydrogen) atoms. The van der Waals surface area contributed by atoms with Crippen molar-refractivity contribution in [2.75, 3.05) is 25.0 Å². The molecule has 3 aromatic rings. The average Bonchev–Trinajstić information content (AvgIpc) is 2.85. The quantitative estimate of drug-likeness (QED) is 0.477. The molecule has 172 valence electrons. The lowest BCUT2D eigenvalue weighted by atomic mass is 10.1. The van der Waals surface area contributed by atoms with Gasteiger partial charge in [-0.25, -0.2) is 9.97 Å². The second-order valence-corrected chi connectivity index (χ2v) is 8.35. The number of carbonyl (C=O) groups excluding carboxylic acids is 1. The summed E-state index contributed by atoms with van der Waals surface area (Å²) in [5.74, 6) is 0.377. The number of aliphatic hydroxyl groups is 1. The number of hydrogen-bond acceptors (Lipinski definition) is 6. The van der Waals surface area contributed by atoms with Crippen LogP contribution in [0.25, 0.3) is 0 Å². The number of rotatable bonds is 9. The van der Waals surface area contributed by atoms with Crippen LogP contribution in [0.2, 0.25) is 0 Å². The van der Waals surface area contributed by atoms with Crippen LogP contribution in [0.1, 0.15) is 41.6 Å². The number of nitrogens with one attached hydrogen (secondary N) is 1. The molecule has 4 rings (SSSR count). The van der Waals surface area contributed by atoms with E-state index in [4.69, 9.17) is 4.74 Å². The highest BCUT2D eigenvalue weighted by Crippen LogP contribution is 2.17. The van der Waals surface area contributed by atoms with Crippen LogP contribution in [0.3, 0.4) is 0 Å². The zero-order valence-electron chi connectivity index (χ0n) is 18.7. The minimum atomic E-state index is -0.263. The summed E-state index contributed by atoms with van der Waals surface area (Å²) in [6.07, 6.45) is 7.88. The van der Waals surface area contributed by atoms with Crippen molar-refractivity contribution in [3.63, 3.8) is 0 Å². The monoisotopic (exact) mass is 446 g/mol. The van der Waals surface area contributed by atoms with Gasteiger partial charge in [0.25, 0.3) is 5.91 Å². The molecule has 1 aromatic heterocycles. The largest absolute Gasteiger partial charge is 0.424 e. The van der Waals surface area contributed by atoms with Crippen molar-refractivity contribution in [2.45, 2.75) is 38.2 Å². The lowest BCUT2D eigenvalue weighted by molar-refractivity contribution is 0.0818. The maximum Gasteiger partial charge on any atom is 0.321 e. The van der Waals surface area contributed by atoms with E-state index in [-0.39, 0.29) is 18.0 Å². The second-order valence-electron chi connectivity index (χ2n) is 8.35. The van der Waals surface area contributed by atoms with Crippen molar-refractivity contribution >= 4 is 11.6 Å². The second kappa shape index (κ2) is 11.5. The summed E-state index contributed by atoms with van der Waals surface area (Å²) in [6.45, 7) is 3.10. The molecule has 0 saturated carbocycles. The van der Waals surface area contributed by atoms with Gasteiger partial charge in [0.1, 0.15) is 5.75 Å². The van der Waals surface area contributed by atoms with E-state index < -0.39 is 0 Å². The molecular weight excluding hydrogens is 416 g/mol. The number of hydrogen-bond donors (Lipinski definition) is 2. The van der Waals surface area contributed by atoms with Crippen LogP contribution in [0.4, 0.5) is 5.69 Å². The third kappa shape index (κ3) is 7.10. The molecule has 2 N–H and O–H groups in total. The van der Waals surface area contributed by atoms with E-state index in [9.17, 15) is 9.90 Å². The Hall–Kier alpha value is -3.29. The van der Waals surface area contributed by atoms with Crippen LogP contribution in [0.5, 0.6) is 11.8 Å². The topological polar surface area (TPSA) is 87.6 Å². The van der Waals surface area contributed by atoms with Crippen LogP contribution in [-0.2, 0) is 6.42 Å². The van der Waals surface area contributed by atoms with Crippen molar-refractivity contribution < 1.29 is 14.6 Å². The Morgan fingerprint density at radius 3 is 2.39 bits per heavy atom. The lowest BCUT2D eigenvalue weighted by Gasteiger charge is -2.29. The number of aromatic nitrogens is 2. The van der Waals surface area contributed by atoms with Crippen molar-refractivity contribution in [1.82, 2.24) is 14.9 Å². The van der Waals surface area contributed by atoms with E-state index in [0.717, 1.165) is 57.4 Å². The number of piperidine rings is 1. The zero-order chi connectivity index (χ0) is 22.9. The maximum absolute atomic E-state index is 12.5.